The van der Waals surface area contributed by atoms with Gasteiger partial charge in [-0.05, 0) is 53.3 Å². The topological polar surface area (TPSA) is 85.2 Å². The van der Waals surface area contributed by atoms with Gasteiger partial charge in [0.15, 0.2) is 15.6 Å². The highest BCUT2D eigenvalue weighted by atomic mass is 32.2. The molecule has 0 unspecified atom stereocenters. The highest BCUT2D eigenvalue weighted by molar-refractivity contribution is 7.90. The molecule has 3 aromatic rings. The van der Waals surface area contributed by atoms with Crippen molar-refractivity contribution in [3.63, 3.8) is 0 Å². The Kier molecular flexibility index (Phi) is 9.34. The molecule has 11 heteroatoms. The molecule has 3 rings (SSSR count). The summed E-state index contributed by atoms with van der Waals surface area (Å²) in [6.07, 6.45) is -3.53. The van der Waals surface area contributed by atoms with Crippen molar-refractivity contribution >= 4 is 15.6 Å². The van der Waals surface area contributed by atoms with Crippen molar-refractivity contribution in [2.45, 2.75) is 52.6 Å². The monoisotopic (exact) mass is 594 g/mol. The van der Waals surface area contributed by atoms with Gasteiger partial charge in [-0.2, -0.15) is 13.2 Å². The number of sulfone groups is 1. The number of ketones is 1. The van der Waals surface area contributed by atoms with Gasteiger partial charge < -0.3 is 9.88 Å². The van der Waals surface area contributed by atoms with Gasteiger partial charge in [0.25, 0.3) is 5.56 Å². The number of pyridine rings is 1. The zero-order valence-electron chi connectivity index (χ0n) is 23.8. The van der Waals surface area contributed by atoms with Gasteiger partial charge in [0.2, 0.25) is 0 Å². The van der Waals surface area contributed by atoms with Crippen molar-refractivity contribution in [3.8, 4) is 11.1 Å². The third kappa shape index (κ3) is 7.91. The molecule has 0 saturated heterocycles. The van der Waals surface area contributed by atoms with E-state index in [9.17, 15) is 35.6 Å². The Hall–Kier alpha value is -3.31. The van der Waals surface area contributed by atoms with Gasteiger partial charge in [-0.15, -0.1) is 0 Å². The molecule has 0 aliphatic carbocycles. The predicted octanol–water partition coefficient (Wildman–Crippen LogP) is 6.07. The number of alkyl halides is 3. The van der Waals surface area contributed by atoms with Crippen LogP contribution in [-0.2, 0) is 28.8 Å². The van der Waals surface area contributed by atoms with Crippen molar-refractivity contribution in [3.05, 3.63) is 92.6 Å². The average molecular weight is 595 g/mol. The fourth-order valence-corrected chi connectivity index (χ4v) is 5.24. The van der Waals surface area contributed by atoms with Crippen LogP contribution >= 0.6 is 0 Å². The molecule has 0 aliphatic rings. The largest absolute Gasteiger partial charge is 0.417 e. The molecule has 0 saturated carbocycles. The Labute approximate surface area is 237 Å². The minimum Gasteiger partial charge on any atom is -0.318 e. The normalized spacial score (nSPS) is 13.3. The summed E-state index contributed by atoms with van der Waals surface area (Å²) in [6.45, 7) is 9.94. The van der Waals surface area contributed by atoms with E-state index in [4.69, 9.17) is 0 Å². The lowest BCUT2D eigenvalue weighted by Crippen LogP contribution is -2.30. The molecule has 0 bridgehead atoms. The summed E-state index contributed by atoms with van der Waals surface area (Å²) >= 11 is 0. The lowest BCUT2D eigenvalue weighted by molar-refractivity contribution is -0.138. The van der Waals surface area contributed by atoms with Crippen LogP contribution in [0.25, 0.3) is 11.1 Å². The first kappa shape index (κ1) is 32.2. The van der Waals surface area contributed by atoms with E-state index < -0.39 is 44.8 Å². The van der Waals surface area contributed by atoms with Crippen LogP contribution in [0.3, 0.4) is 0 Å². The smallest absolute Gasteiger partial charge is 0.318 e. The van der Waals surface area contributed by atoms with Crippen LogP contribution in [0.15, 0.2) is 53.5 Å². The van der Waals surface area contributed by atoms with Crippen LogP contribution in [0.1, 0.15) is 73.3 Å². The number of benzene rings is 2. The molecule has 0 fully saturated rings. The molecule has 1 heterocycles. The number of aromatic nitrogens is 1. The standard InChI is InChI=1S/C30H34F4N2O4S/c1-7-41(39,40)16-19-8-10-21(28(38)22-11-9-20(31)13-26(22)30(32,33)34)24(12-19)25-15-36(6)27(37)14-23(25)18(2)35-17-29(3,4)5/h8-15,18,35H,7,16-17H2,1-6H3/t18-/m0/s1. The number of carbonyl (C=O) groups excluding carboxylic acids is 1. The Morgan fingerprint density at radius 1 is 1.00 bits per heavy atom. The molecule has 6 nitrogen and oxygen atoms in total. The predicted molar refractivity (Wildman–Crippen MR) is 151 cm³/mol. The maximum absolute atomic E-state index is 13.8. The molecule has 41 heavy (non-hydrogen) atoms. The number of hydrogen-bond acceptors (Lipinski definition) is 5. The minimum absolute atomic E-state index is 0.111. The Bertz CT molecular complexity index is 1620. The van der Waals surface area contributed by atoms with Crippen LogP contribution in [0.4, 0.5) is 17.6 Å². The first-order valence-electron chi connectivity index (χ1n) is 13.0. The number of halogens is 4. The molecule has 0 aliphatic heterocycles. The highest BCUT2D eigenvalue weighted by Crippen LogP contribution is 2.37. The Balaban J connectivity index is 2.33. The molecule has 2 aromatic carbocycles. The fraction of sp³-hybridized carbons (Fsp3) is 0.400. The molecule has 0 radical (unpaired) electrons. The van der Waals surface area contributed by atoms with E-state index in [1.54, 1.807) is 0 Å². The van der Waals surface area contributed by atoms with E-state index in [0.29, 0.717) is 23.2 Å². The van der Waals surface area contributed by atoms with E-state index in [1.807, 2.05) is 27.7 Å². The van der Waals surface area contributed by atoms with Crippen LogP contribution in [0, 0.1) is 11.2 Å². The van der Waals surface area contributed by atoms with E-state index >= 15 is 0 Å². The highest BCUT2D eigenvalue weighted by Gasteiger charge is 2.36. The number of aryl methyl sites for hydroxylation is 1. The van der Waals surface area contributed by atoms with E-state index in [2.05, 4.69) is 5.32 Å². The number of nitrogens with one attached hydrogen (secondary N) is 1. The summed E-state index contributed by atoms with van der Waals surface area (Å²) in [5, 5.41) is 3.35. The summed E-state index contributed by atoms with van der Waals surface area (Å²) in [7, 11) is -2.00. The summed E-state index contributed by atoms with van der Waals surface area (Å²) in [5.41, 5.74) is -1.44. The van der Waals surface area contributed by atoms with Crippen molar-refractivity contribution in [2.75, 3.05) is 12.3 Å². The number of rotatable bonds is 9. The van der Waals surface area contributed by atoms with Gasteiger partial charge in [0.05, 0.1) is 11.3 Å². The van der Waals surface area contributed by atoms with Crippen molar-refractivity contribution in [1.82, 2.24) is 9.88 Å². The molecule has 222 valence electrons. The second-order valence-corrected chi connectivity index (χ2v) is 13.7. The minimum atomic E-state index is -5.00. The molecule has 1 N–H and O–H groups in total. The van der Waals surface area contributed by atoms with Crippen molar-refractivity contribution in [2.24, 2.45) is 12.5 Å². The quantitative estimate of drug-likeness (QED) is 0.240. The average Bonchev–Trinajstić information content (AvgIpc) is 2.87. The van der Waals surface area contributed by atoms with Gasteiger partial charge in [-0.3, -0.25) is 9.59 Å². The van der Waals surface area contributed by atoms with Gasteiger partial charge in [0.1, 0.15) is 5.82 Å². The van der Waals surface area contributed by atoms with Crippen LogP contribution in [0.5, 0.6) is 0 Å². The van der Waals surface area contributed by atoms with Gasteiger partial charge in [-0.1, -0.05) is 39.8 Å². The third-order valence-electron chi connectivity index (χ3n) is 6.64. The number of carbonyl (C=O) groups is 1. The zero-order chi connectivity index (χ0) is 30.9. The second-order valence-electron chi connectivity index (χ2n) is 11.3. The summed E-state index contributed by atoms with van der Waals surface area (Å²) in [5.74, 6) is -2.65. The zero-order valence-corrected chi connectivity index (χ0v) is 24.6. The summed E-state index contributed by atoms with van der Waals surface area (Å²) in [6, 6.07) is 6.92. The molecular weight excluding hydrogens is 560 g/mol. The molecule has 1 atom stereocenters. The molecule has 0 amide bonds. The Morgan fingerprint density at radius 2 is 1.63 bits per heavy atom. The van der Waals surface area contributed by atoms with Crippen LogP contribution < -0.4 is 10.9 Å². The van der Waals surface area contributed by atoms with E-state index in [1.165, 1.54) is 49.0 Å². The van der Waals surface area contributed by atoms with Crippen molar-refractivity contribution < 1.29 is 30.8 Å². The van der Waals surface area contributed by atoms with E-state index in [-0.39, 0.29) is 39.7 Å². The third-order valence-corrected chi connectivity index (χ3v) is 8.30. The lowest BCUT2D eigenvalue weighted by Gasteiger charge is -2.25. The number of nitrogens with zero attached hydrogens (tertiary/aromatic N) is 1. The van der Waals surface area contributed by atoms with Crippen LogP contribution in [-0.4, -0.2) is 31.1 Å². The summed E-state index contributed by atoms with van der Waals surface area (Å²) < 4.78 is 81.4. The van der Waals surface area contributed by atoms with Gasteiger partial charge in [-0.25, -0.2) is 12.8 Å². The molecule has 0 spiro atoms. The SMILES string of the molecule is CCS(=O)(=O)Cc1ccc(C(=O)c2ccc(F)cc2C(F)(F)F)c(-c2cn(C)c(=O)cc2[C@H](C)NCC(C)(C)C)c1. The second kappa shape index (κ2) is 11.9. The summed E-state index contributed by atoms with van der Waals surface area (Å²) in [4.78, 5) is 26.4. The maximum Gasteiger partial charge on any atom is 0.417 e. The maximum atomic E-state index is 13.8. The van der Waals surface area contributed by atoms with Gasteiger partial charge in [0, 0.05) is 54.3 Å². The lowest BCUT2D eigenvalue weighted by atomic mass is 9.88. The van der Waals surface area contributed by atoms with Gasteiger partial charge >= 0.3 is 6.18 Å². The molecule has 1 aromatic heterocycles. The molecular formula is C30H34F4N2O4S. The first-order valence-corrected chi connectivity index (χ1v) is 14.8. The van der Waals surface area contributed by atoms with Crippen molar-refractivity contribution in [1.29, 1.82) is 0 Å². The number of hydrogen-bond donors (Lipinski definition) is 1. The van der Waals surface area contributed by atoms with E-state index in [0.717, 1.165) is 12.1 Å². The fourth-order valence-electron chi connectivity index (χ4n) is 4.35. The Morgan fingerprint density at radius 3 is 2.22 bits per heavy atom. The first-order chi connectivity index (χ1) is 18.8. The van der Waals surface area contributed by atoms with Crippen LogP contribution in [0.2, 0.25) is 0 Å².